The molecule has 0 saturated carbocycles. The van der Waals surface area contributed by atoms with E-state index >= 15 is 0 Å². The van der Waals surface area contributed by atoms with Gasteiger partial charge >= 0.3 is 0 Å². The van der Waals surface area contributed by atoms with E-state index in [4.69, 9.17) is 4.98 Å². The van der Waals surface area contributed by atoms with Gasteiger partial charge in [-0.1, -0.05) is 0 Å². The third kappa shape index (κ3) is 2.67. The molecule has 0 unspecified atom stereocenters. The molecule has 120 valence electrons. The Morgan fingerprint density at radius 3 is 2.75 bits per heavy atom. The molecule has 0 aliphatic rings. The number of imidazole rings is 1. The van der Waals surface area contributed by atoms with Crippen molar-refractivity contribution in [3.63, 3.8) is 0 Å². The third-order valence-electron chi connectivity index (χ3n) is 3.67. The molecule has 24 heavy (non-hydrogen) atoms. The van der Waals surface area contributed by atoms with Gasteiger partial charge in [0.05, 0.1) is 0 Å². The van der Waals surface area contributed by atoms with E-state index in [1.807, 2.05) is 19.2 Å². The van der Waals surface area contributed by atoms with Gasteiger partial charge in [-0.25, -0.2) is 9.37 Å². The number of benzene rings is 1. The normalized spacial score (nSPS) is 11.1. The molecule has 0 bridgehead atoms. The van der Waals surface area contributed by atoms with Crippen LogP contribution in [0.1, 0.15) is 5.69 Å². The van der Waals surface area contributed by atoms with Crippen molar-refractivity contribution in [1.82, 2.24) is 14.4 Å². The highest BCUT2D eigenvalue weighted by Crippen LogP contribution is 2.35. The first-order valence-corrected chi connectivity index (χ1v) is 9.18. The first kappa shape index (κ1) is 15.5. The molecule has 0 atom stereocenters. The summed E-state index contributed by atoms with van der Waals surface area (Å²) in [6.07, 6.45) is 3.58. The van der Waals surface area contributed by atoms with Crippen LogP contribution in [0.25, 0.3) is 16.2 Å². The van der Waals surface area contributed by atoms with Crippen LogP contribution < -0.4 is 5.32 Å². The highest BCUT2D eigenvalue weighted by Gasteiger charge is 2.18. The minimum absolute atomic E-state index is 0.255. The Morgan fingerprint density at radius 1 is 1.21 bits per heavy atom. The molecule has 1 aromatic carbocycles. The lowest BCUT2D eigenvalue weighted by Crippen LogP contribution is -1.98. The summed E-state index contributed by atoms with van der Waals surface area (Å²) < 4.78 is 16.3. The predicted octanol–water partition coefficient (Wildman–Crippen LogP) is 5.25. The Labute approximate surface area is 155 Å². The summed E-state index contributed by atoms with van der Waals surface area (Å²) in [6, 6.07) is 8.28. The van der Waals surface area contributed by atoms with Crippen LogP contribution in [-0.4, -0.2) is 14.4 Å². The minimum Gasteiger partial charge on any atom is -0.339 e. The molecule has 0 spiro atoms. The smallest absolute Gasteiger partial charge is 0.196 e. The van der Waals surface area contributed by atoms with Crippen molar-refractivity contribution < 1.29 is 4.39 Å². The number of rotatable bonds is 3. The lowest BCUT2D eigenvalue weighted by Gasteiger charge is -2.10. The van der Waals surface area contributed by atoms with Crippen LogP contribution in [0.4, 0.5) is 15.9 Å². The van der Waals surface area contributed by atoms with E-state index in [2.05, 4.69) is 42.7 Å². The molecule has 4 rings (SSSR count). The van der Waals surface area contributed by atoms with E-state index in [0.717, 1.165) is 37.0 Å². The average Bonchev–Trinajstić information content (AvgIpc) is 3.11. The first-order chi connectivity index (χ1) is 11.6. The molecule has 0 saturated heterocycles. The zero-order chi connectivity index (χ0) is 16.7. The predicted molar refractivity (Wildman–Crippen MR) is 103 cm³/mol. The maximum atomic E-state index is 13.2. The van der Waals surface area contributed by atoms with E-state index in [1.165, 1.54) is 12.1 Å². The fourth-order valence-electron chi connectivity index (χ4n) is 2.54. The second-order valence-corrected chi connectivity index (χ2v) is 7.29. The maximum absolute atomic E-state index is 13.2. The van der Waals surface area contributed by atoms with E-state index < -0.39 is 0 Å². The number of aromatic nitrogens is 3. The van der Waals surface area contributed by atoms with Gasteiger partial charge < -0.3 is 5.32 Å². The number of hydrogen-bond acceptors (Lipinski definition) is 4. The molecular formula is C17H12FIN4S. The van der Waals surface area contributed by atoms with Crippen LogP contribution in [0.2, 0.25) is 0 Å². The number of hydrogen-bond donors (Lipinski definition) is 1. The summed E-state index contributed by atoms with van der Waals surface area (Å²) in [5.74, 6) is 0.620. The summed E-state index contributed by atoms with van der Waals surface area (Å²) in [6.45, 7) is 2.04. The van der Waals surface area contributed by atoms with E-state index in [9.17, 15) is 4.39 Å². The zero-order valence-electron chi connectivity index (χ0n) is 12.6. The molecule has 0 aliphatic heterocycles. The number of halogens is 2. The van der Waals surface area contributed by atoms with Gasteiger partial charge in [-0.05, 0) is 59.8 Å². The van der Waals surface area contributed by atoms with Crippen molar-refractivity contribution in [2.45, 2.75) is 6.92 Å². The van der Waals surface area contributed by atoms with E-state index in [-0.39, 0.29) is 5.82 Å². The molecule has 7 heteroatoms. The van der Waals surface area contributed by atoms with Gasteiger partial charge in [-0.2, -0.15) is 0 Å². The van der Waals surface area contributed by atoms with Crippen LogP contribution in [0.5, 0.6) is 0 Å². The molecule has 0 amide bonds. The Morgan fingerprint density at radius 2 is 2.00 bits per heavy atom. The average molecular weight is 450 g/mol. The van der Waals surface area contributed by atoms with Crippen LogP contribution in [0.3, 0.4) is 0 Å². The van der Waals surface area contributed by atoms with Gasteiger partial charge in [-0.3, -0.25) is 9.38 Å². The topological polar surface area (TPSA) is 42.2 Å². The maximum Gasteiger partial charge on any atom is 0.196 e. The number of thiazole rings is 1. The lowest BCUT2D eigenvalue weighted by atomic mass is 10.2. The molecule has 4 aromatic rings. The fourth-order valence-corrected chi connectivity index (χ4v) is 4.00. The second-order valence-electron chi connectivity index (χ2n) is 5.29. The largest absolute Gasteiger partial charge is 0.339 e. The molecule has 0 radical (unpaired) electrons. The van der Waals surface area contributed by atoms with Crippen LogP contribution in [-0.2, 0) is 0 Å². The molecule has 1 N–H and O–H groups in total. The summed E-state index contributed by atoms with van der Waals surface area (Å²) in [4.78, 5) is 9.86. The number of nitrogens with one attached hydrogen (secondary N) is 1. The minimum atomic E-state index is -0.255. The fraction of sp³-hybridized carbons (Fsp3) is 0.0588. The Bertz CT molecular complexity index is 1020. The van der Waals surface area contributed by atoms with Gasteiger partial charge in [0.2, 0.25) is 0 Å². The number of nitrogens with zero attached hydrogens (tertiary/aromatic N) is 3. The quantitative estimate of drug-likeness (QED) is 0.434. The summed E-state index contributed by atoms with van der Waals surface area (Å²) in [5, 5.41) is 5.46. The number of aryl methyl sites for hydroxylation is 1. The molecule has 4 nitrogen and oxygen atoms in total. The summed E-state index contributed by atoms with van der Waals surface area (Å²) >= 11 is 3.86. The summed E-state index contributed by atoms with van der Waals surface area (Å²) in [5.41, 5.74) is 3.79. The van der Waals surface area contributed by atoms with Crippen molar-refractivity contribution in [3.8, 4) is 11.3 Å². The van der Waals surface area contributed by atoms with Crippen molar-refractivity contribution in [1.29, 1.82) is 0 Å². The van der Waals surface area contributed by atoms with Gasteiger partial charge in [0.1, 0.15) is 17.3 Å². The Kier molecular flexibility index (Phi) is 3.97. The van der Waals surface area contributed by atoms with Gasteiger partial charge in [0.25, 0.3) is 0 Å². The summed E-state index contributed by atoms with van der Waals surface area (Å²) in [7, 11) is 0. The number of fused-ring (bicyclic) bond motifs is 1. The van der Waals surface area contributed by atoms with Crippen LogP contribution in [0, 0.1) is 16.3 Å². The first-order valence-electron chi connectivity index (χ1n) is 7.22. The van der Waals surface area contributed by atoms with Gasteiger partial charge in [-0.15, -0.1) is 11.3 Å². The number of anilines is 2. The van der Waals surface area contributed by atoms with Crippen LogP contribution >= 0.6 is 33.9 Å². The van der Waals surface area contributed by atoms with Crippen molar-refractivity contribution >= 4 is 50.4 Å². The van der Waals surface area contributed by atoms with Gasteiger partial charge in [0.15, 0.2) is 4.96 Å². The van der Waals surface area contributed by atoms with Gasteiger partial charge in [0, 0.05) is 38.3 Å². The molecule has 0 fully saturated rings. The van der Waals surface area contributed by atoms with Crippen molar-refractivity contribution in [2.75, 3.05) is 5.32 Å². The molecule has 0 aliphatic carbocycles. The standard InChI is InChI=1S/C17H12FIN4S/c1-10-9-24-17-22-15(13-6-7-20-8-14(13)19)16(23(10)17)21-12-4-2-11(18)3-5-12/h2-9,21H,1H3. The molecular weight excluding hydrogens is 438 g/mol. The van der Waals surface area contributed by atoms with Crippen molar-refractivity contribution in [2.24, 2.45) is 0 Å². The van der Waals surface area contributed by atoms with E-state index in [1.54, 1.807) is 29.7 Å². The molecule has 3 aromatic heterocycles. The highest BCUT2D eigenvalue weighted by atomic mass is 127. The SMILES string of the molecule is Cc1csc2nc(-c3ccncc3I)c(Nc3ccc(F)cc3)n12. The van der Waals surface area contributed by atoms with Crippen molar-refractivity contribution in [3.05, 3.63) is 63.2 Å². The second kappa shape index (κ2) is 6.14. The zero-order valence-corrected chi connectivity index (χ0v) is 15.6. The highest BCUT2D eigenvalue weighted by molar-refractivity contribution is 14.1. The lowest BCUT2D eigenvalue weighted by molar-refractivity contribution is 0.628. The number of pyridine rings is 1. The van der Waals surface area contributed by atoms with Crippen LogP contribution in [0.15, 0.2) is 48.1 Å². The molecule has 3 heterocycles. The third-order valence-corrected chi connectivity index (χ3v) is 5.47. The van der Waals surface area contributed by atoms with E-state index in [0.29, 0.717) is 0 Å². The Balaban J connectivity index is 1.91. The monoisotopic (exact) mass is 450 g/mol. The Hall–Kier alpha value is -2.00.